The van der Waals surface area contributed by atoms with Crippen molar-refractivity contribution in [3.8, 4) is 0 Å². The summed E-state index contributed by atoms with van der Waals surface area (Å²) in [5, 5.41) is 16.1. The molecule has 2 aliphatic rings. The van der Waals surface area contributed by atoms with Gasteiger partial charge in [0.05, 0.1) is 11.0 Å². The number of fused-ring (bicyclic) bond motifs is 3. The van der Waals surface area contributed by atoms with Crippen LogP contribution in [0.1, 0.15) is 38.1 Å². The molecule has 0 bridgehead atoms. The van der Waals surface area contributed by atoms with Crippen molar-refractivity contribution in [3.63, 3.8) is 0 Å². The van der Waals surface area contributed by atoms with Gasteiger partial charge in [-0.05, 0) is 25.0 Å². The summed E-state index contributed by atoms with van der Waals surface area (Å²) in [6, 6.07) is 7.60. The number of amides is 1. The SMILES string of the molecule is O=C(NC1CCCC1)[C@@H]1C[C@@H](O)Nc2nc3ccccc3n21. The molecule has 6 heteroatoms. The summed E-state index contributed by atoms with van der Waals surface area (Å²) in [5.74, 6) is 0.545. The van der Waals surface area contributed by atoms with E-state index in [0.29, 0.717) is 12.4 Å². The number of carbonyl (C=O) groups excluding carboxylic acids is 1. The van der Waals surface area contributed by atoms with Crippen LogP contribution in [-0.2, 0) is 4.79 Å². The fraction of sp³-hybridized carbons (Fsp3) is 0.500. The highest BCUT2D eigenvalue weighted by Gasteiger charge is 2.33. The Kier molecular flexibility index (Phi) is 3.26. The van der Waals surface area contributed by atoms with Gasteiger partial charge in [-0.1, -0.05) is 25.0 Å². The molecular formula is C16H20N4O2. The lowest BCUT2D eigenvalue weighted by atomic mass is 10.1. The summed E-state index contributed by atoms with van der Waals surface area (Å²) in [4.78, 5) is 17.2. The molecule has 1 aromatic heterocycles. The molecule has 4 rings (SSSR count). The first-order valence-electron chi connectivity index (χ1n) is 7.94. The maximum absolute atomic E-state index is 12.7. The minimum atomic E-state index is -0.747. The van der Waals surface area contributed by atoms with Gasteiger partial charge in [0.2, 0.25) is 11.9 Å². The van der Waals surface area contributed by atoms with Gasteiger partial charge in [0, 0.05) is 12.5 Å². The third-order valence-corrected chi connectivity index (χ3v) is 4.65. The van der Waals surface area contributed by atoms with Crippen molar-refractivity contribution in [2.75, 3.05) is 5.32 Å². The topological polar surface area (TPSA) is 79.2 Å². The Bertz CT molecular complexity index is 705. The smallest absolute Gasteiger partial charge is 0.243 e. The first kappa shape index (κ1) is 13.6. The van der Waals surface area contributed by atoms with Crippen LogP contribution in [0, 0.1) is 0 Å². The lowest BCUT2D eigenvalue weighted by Crippen LogP contribution is -2.43. The molecule has 2 heterocycles. The lowest BCUT2D eigenvalue weighted by Gasteiger charge is -2.30. The normalized spacial score (nSPS) is 25.0. The van der Waals surface area contributed by atoms with E-state index in [1.54, 1.807) is 0 Å². The van der Waals surface area contributed by atoms with Gasteiger partial charge in [-0.25, -0.2) is 4.98 Å². The highest BCUT2D eigenvalue weighted by atomic mass is 16.3. The molecule has 0 saturated heterocycles. The molecule has 22 heavy (non-hydrogen) atoms. The quantitative estimate of drug-likeness (QED) is 0.790. The zero-order valence-electron chi connectivity index (χ0n) is 12.3. The van der Waals surface area contributed by atoms with Crippen molar-refractivity contribution in [1.82, 2.24) is 14.9 Å². The van der Waals surface area contributed by atoms with Gasteiger partial charge in [-0.2, -0.15) is 0 Å². The molecule has 2 atom stereocenters. The molecule has 0 radical (unpaired) electrons. The van der Waals surface area contributed by atoms with E-state index >= 15 is 0 Å². The average Bonchev–Trinajstić information content (AvgIpc) is 3.12. The van der Waals surface area contributed by atoms with Crippen LogP contribution >= 0.6 is 0 Å². The number of hydrogen-bond donors (Lipinski definition) is 3. The van der Waals surface area contributed by atoms with E-state index in [0.717, 1.165) is 23.9 Å². The Balaban J connectivity index is 1.69. The second-order valence-corrected chi connectivity index (χ2v) is 6.20. The third-order valence-electron chi connectivity index (χ3n) is 4.65. The van der Waals surface area contributed by atoms with Crippen molar-refractivity contribution in [1.29, 1.82) is 0 Å². The summed E-state index contributed by atoms with van der Waals surface area (Å²) >= 11 is 0. The number of aliphatic hydroxyl groups is 1. The van der Waals surface area contributed by atoms with Crippen molar-refractivity contribution in [2.45, 2.75) is 50.4 Å². The number of imidazole rings is 1. The number of nitrogens with one attached hydrogen (secondary N) is 2. The fourth-order valence-electron chi connectivity index (χ4n) is 3.58. The Morgan fingerprint density at radius 1 is 1.32 bits per heavy atom. The zero-order chi connectivity index (χ0) is 15.1. The summed E-state index contributed by atoms with van der Waals surface area (Å²) in [6.07, 6.45) is 4.07. The third kappa shape index (κ3) is 2.23. The Morgan fingerprint density at radius 2 is 2.09 bits per heavy atom. The summed E-state index contributed by atoms with van der Waals surface area (Å²) in [7, 11) is 0. The number of nitrogens with zero attached hydrogens (tertiary/aromatic N) is 2. The maximum Gasteiger partial charge on any atom is 0.243 e. The molecule has 116 valence electrons. The van der Waals surface area contributed by atoms with Crippen LogP contribution < -0.4 is 10.6 Å². The molecule has 1 saturated carbocycles. The van der Waals surface area contributed by atoms with Gasteiger partial charge in [0.15, 0.2) is 0 Å². The molecule has 1 amide bonds. The van der Waals surface area contributed by atoms with E-state index in [-0.39, 0.29) is 11.9 Å². The standard InChI is InChI=1S/C16H20N4O2/c21-14-9-13(15(22)17-10-5-1-2-6-10)20-12-8-4-3-7-11(12)18-16(20)19-14/h3-4,7-8,10,13-14,21H,1-2,5-6,9H2,(H,17,22)(H,18,19)/t13-,14+/m0/s1. The Labute approximate surface area is 128 Å². The largest absolute Gasteiger partial charge is 0.374 e. The molecular weight excluding hydrogens is 280 g/mol. The molecule has 1 aromatic carbocycles. The predicted molar refractivity (Wildman–Crippen MR) is 83.4 cm³/mol. The molecule has 2 aromatic rings. The van der Waals surface area contributed by atoms with E-state index in [4.69, 9.17) is 0 Å². The first-order valence-corrected chi connectivity index (χ1v) is 7.94. The molecule has 0 spiro atoms. The van der Waals surface area contributed by atoms with Crippen molar-refractivity contribution in [2.24, 2.45) is 0 Å². The highest BCUT2D eigenvalue weighted by molar-refractivity contribution is 5.86. The predicted octanol–water partition coefficient (Wildman–Crippen LogP) is 1.77. The number of benzene rings is 1. The monoisotopic (exact) mass is 300 g/mol. The summed E-state index contributed by atoms with van der Waals surface area (Å²) < 4.78 is 1.91. The molecule has 1 aliphatic carbocycles. The van der Waals surface area contributed by atoms with Crippen LogP contribution in [0.15, 0.2) is 24.3 Å². The zero-order valence-corrected chi connectivity index (χ0v) is 12.3. The van der Waals surface area contributed by atoms with Crippen LogP contribution in [0.25, 0.3) is 11.0 Å². The number of hydrogen-bond acceptors (Lipinski definition) is 4. The van der Waals surface area contributed by atoms with Crippen LogP contribution in [-0.4, -0.2) is 32.8 Å². The Morgan fingerprint density at radius 3 is 2.91 bits per heavy atom. The summed E-state index contributed by atoms with van der Waals surface area (Å²) in [6.45, 7) is 0. The first-order chi connectivity index (χ1) is 10.7. The van der Waals surface area contributed by atoms with Crippen LogP contribution in [0.4, 0.5) is 5.95 Å². The van der Waals surface area contributed by atoms with Crippen molar-refractivity contribution >= 4 is 22.9 Å². The van der Waals surface area contributed by atoms with E-state index in [2.05, 4.69) is 15.6 Å². The van der Waals surface area contributed by atoms with Gasteiger partial charge >= 0.3 is 0 Å². The van der Waals surface area contributed by atoms with Crippen LogP contribution in [0.2, 0.25) is 0 Å². The lowest BCUT2D eigenvalue weighted by molar-refractivity contribution is -0.126. The second kappa shape index (κ2) is 5.28. The van der Waals surface area contributed by atoms with Crippen LogP contribution in [0.5, 0.6) is 0 Å². The van der Waals surface area contributed by atoms with Crippen LogP contribution in [0.3, 0.4) is 0 Å². The van der Waals surface area contributed by atoms with E-state index in [9.17, 15) is 9.90 Å². The van der Waals surface area contributed by atoms with Crippen molar-refractivity contribution in [3.05, 3.63) is 24.3 Å². The molecule has 1 aliphatic heterocycles. The number of carbonyl (C=O) groups is 1. The van der Waals surface area contributed by atoms with Gasteiger partial charge in [0.1, 0.15) is 12.3 Å². The van der Waals surface area contributed by atoms with Gasteiger partial charge in [0.25, 0.3) is 0 Å². The van der Waals surface area contributed by atoms with Gasteiger partial charge in [-0.3, -0.25) is 9.36 Å². The fourth-order valence-corrected chi connectivity index (χ4v) is 3.58. The minimum Gasteiger partial charge on any atom is -0.374 e. The van der Waals surface area contributed by atoms with Gasteiger partial charge < -0.3 is 15.7 Å². The van der Waals surface area contributed by atoms with Gasteiger partial charge in [-0.15, -0.1) is 0 Å². The maximum atomic E-state index is 12.7. The minimum absolute atomic E-state index is 0.0168. The number of aliphatic hydroxyl groups excluding tert-OH is 1. The number of para-hydroxylation sites is 2. The Hall–Kier alpha value is -2.08. The molecule has 3 N–H and O–H groups in total. The molecule has 1 fully saturated rings. The second-order valence-electron chi connectivity index (χ2n) is 6.20. The van der Waals surface area contributed by atoms with E-state index in [1.165, 1.54) is 12.8 Å². The average molecular weight is 300 g/mol. The summed E-state index contributed by atoms with van der Waals surface area (Å²) in [5.41, 5.74) is 1.75. The number of aromatic nitrogens is 2. The van der Waals surface area contributed by atoms with E-state index in [1.807, 2.05) is 28.8 Å². The highest BCUT2D eigenvalue weighted by Crippen LogP contribution is 2.32. The molecule has 6 nitrogen and oxygen atoms in total. The van der Waals surface area contributed by atoms with Crippen molar-refractivity contribution < 1.29 is 9.90 Å². The molecule has 0 unspecified atom stereocenters. The number of rotatable bonds is 2. The number of anilines is 1. The van der Waals surface area contributed by atoms with E-state index < -0.39 is 12.3 Å².